The average molecular weight is 252 g/mol. The summed E-state index contributed by atoms with van der Waals surface area (Å²) in [7, 11) is 0. The predicted octanol–water partition coefficient (Wildman–Crippen LogP) is 2.27. The van der Waals surface area contributed by atoms with E-state index in [4.69, 9.17) is 0 Å². The third-order valence-corrected chi connectivity index (χ3v) is 3.51. The van der Waals surface area contributed by atoms with Gasteiger partial charge in [-0.25, -0.2) is 0 Å². The Morgan fingerprint density at radius 3 is 2.76 bits per heavy atom. The maximum absolute atomic E-state index is 11.7. The highest BCUT2D eigenvalue weighted by molar-refractivity contribution is 7.99. The van der Waals surface area contributed by atoms with E-state index in [0.717, 1.165) is 17.8 Å². The Morgan fingerprint density at radius 1 is 1.41 bits per heavy atom. The summed E-state index contributed by atoms with van der Waals surface area (Å²) in [5, 5.41) is 6.57. The number of nitrogens with one attached hydrogen (secondary N) is 2. The monoisotopic (exact) mass is 252 g/mol. The maximum Gasteiger partial charge on any atom is 0.238 e. The van der Waals surface area contributed by atoms with Crippen LogP contribution in [-0.2, 0) is 4.79 Å². The van der Waals surface area contributed by atoms with Crippen molar-refractivity contribution >= 4 is 23.4 Å². The SMILES string of the molecule is CSC(C)CNCC(=O)Nc1ccccc1C. The summed E-state index contributed by atoms with van der Waals surface area (Å²) in [5.41, 5.74) is 1.97. The van der Waals surface area contributed by atoms with Crippen molar-refractivity contribution in [3.63, 3.8) is 0 Å². The van der Waals surface area contributed by atoms with E-state index in [0.29, 0.717) is 11.8 Å². The van der Waals surface area contributed by atoms with Crippen molar-refractivity contribution in [1.82, 2.24) is 5.32 Å². The van der Waals surface area contributed by atoms with Gasteiger partial charge in [0.1, 0.15) is 0 Å². The molecule has 0 bridgehead atoms. The molecule has 17 heavy (non-hydrogen) atoms. The van der Waals surface area contributed by atoms with Crippen LogP contribution in [0.2, 0.25) is 0 Å². The van der Waals surface area contributed by atoms with E-state index < -0.39 is 0 Å². The van der Waals surface area contributed by atoms with Crippen molar-refractivity contribution in [3.05, 3.63) is 29.8 Å². The first-order valence-electron chi connectivity index (χ1n) is 5.72. The molecule has 1 aromatic rings. The number of rotatable bonds is 6. The van der Waals surface area contributed by atoms with Crippen LogP contribution in [0.15, 0.2) is 24.3 Å². The molecule has 0 aliphatic carbocycles. The highest BCUT2D eigenvalue weighted by atomic mass is 32.2. The van der Waals surface area contributed by atoms with Crippen LogP contribution in [0.5, 0.6) is 0 Å². The molecule has 1 aromatic carbocycles. The fourth-order valence-electron chi connectivity index (χ4n) is 1.38. The van der Waals surface area contributed by atoms with Gasteiger partial charge in [0, 0.05) is 17.5 Å². The van der Waals surface area contributed by atoms with E-state index >= 15 is 0 Å². The quantitative estimate of drug-likeness (QED) is 0.816. The van der Waals surface area contributed by atoms with Crippen molar-refractivity contribution in [2.75, 3.05) is 24.7 Å². The molecule has 4 heteroatoms. The topological polar surface area (TPSA) is 41.1 Å². The predicted molar refractivity (Wildman–Crippen MR) is 75.7 cm³/mol. The average Bonchev–Trinajstić information content (AvgIpc) is 2.32. The van der Waals surface area contributed by atoms with Gasteiger partial charge in [0.25, 0.3) is 0 Å². The Labute approximate surface area is 107 Å². The number of thioether (sulfide) groups is 1. The second kappa shape index (κ2) is 7.35. The number of benzene rings is 1. The molecule has 0 spiro atoms. The molecule has 0 saturated heterocycles. The van der Waals surface area contributed by atoms with Gasteiger partial charge < -0.3 is 10.6 Å². The number of carbonyl (C=O) groups is 1. The molecule has 1 atom stereocenters. The van der Waals surface area contributed by atoms with Crippen molar-refractivity contribution in [1.29, 1.82) is 0 Å². The summed E-state index contributed by atoms with van der Waals surface area (Å²) < 4.78 is 0. The highest BCUT2D eigenvalue weighted by Crippen LogP contribution is 2.12. The number of anilines is 1. The fourth-order valence-corrected chi connectivity index (χ4v) is 1.66. The summed E-state index contributed by atoms with van der Waals surface area (Å²) in [4.78, 5) is 11.7. The van der Waals surface area contributed by atoms with Gasteiger partial charge >= 0.3 is 0 Å². The molecular formula is C13H20N2OS. The second-order valence-corrected chi connectivity index (χ2v) is 5.32. The lowest BCUT2D eigenvalue weighted by Gasteiger charge is -2.11. The van der Waals surface area contributed by atoms with E-state index in [1.165, 1.54) is 0 Å². The first-order chi connectivity index (χ1) is 8.13. The van der Waals surface area contributed by atoms with Crippen LogP contribution in [0.25, 0.3) is 0 Å². The molecule has 0 fully saturated rings. The molecule has 0 radical (unpaired) electrons. The molecule has 0 aliphatic rings. The molecule has 0 aromatic heterocycles. The van der Waals surface area contributed by atoms with Crippen LogP contribution < -0.4 is 10.6 Å². The minimum absolute atomic E-state index is 0.00704. The molecule has 94 valence electrons. The lowest BCUT2D eigenvalue weighted by atomic mass is 10.2. The standard InChI is InChI=1S/C13H20N2OS/c1-10-6-4-5-7-12(10)15-13(16)9-14-8-11(2)17-3/h4-7,11,14H,8-9H2,1-3H3,(H,15,16). The van der Waals surface area contributed by atoms with Gasteiger partial charge in [0.2, 0.25) is 5.91 Å². The van der Waals surface area contributed by atoms with Gasteiger partial charge in [0.05, 0.1) is 6.54 Å². The maximum atomic E-state index is 11.7. The van der Waals surface area contributed by atoms with E-state index in [2.05, 4.69) is 23.8 Å². The number of amides is 1. The van der Waals surface area contributed by atoms with Crippen molar-refractivity contribution < 1.29 is 4.79 Å². The van der Waals surface area contributed by atoms with E-state index in [1.807, 2.05) is 31.2 Å². The summed E-state index contributed by atoms with van der Waals surface area (Å²) in [6.45, 7) is 5.33. The Bertz CT molecular complexity index is 368. The van der Waals surface area contributed by atoms with Gasteiger partial charge in [-0.15, -0.1) is 0 Å². The van der Waals surface area contributed by atoms with Crippen LogP contribution in [0.3, 0.4) is 0 Å². The summed E-state index contributed by atoms with van der Waals surface area (Å²) in [6.07, 6.45) is 2.07. The van der Waals surface area contributed by atoms with Gasteiger partial charge in [-0.2, -0.15) is 11.8 Å². The van der Waals surface area contributed by atoms with Crippen LogP contribution in [0, 0.1) is 6.92 Å². The summed E-state index contributed by atoms with van der Waals surface area (Å²) in [5.74, 6) is 0.00704. The van der Waals surface area contributed by atoms with E-state index in [-0.39, 0.29) is 5.91 Å². The van der Waals surface area contributed by atoms with Crippen LogP contribution >= 0.6 is 11.8 Å². The zero-order valence-electron chi connectivity index (χ0n) is 10.6. The van der Waals surface area contributed by atoms with Crippen LogP contribution in [0.4, 0.5) is 5.69 Å². The molecule has 0 aliphatic heterocycles. The van der Waals surface area contributed by atoms with Gasteiger partial charge in [0.15, 0.2) is 0 Å². The van der Waals surface area contributed by atoms with Gasteiger partial charge in [-0.05, 0) is 24.8 Å². The molecule has 1 amide bonds. The minimum Gasteiger partial charge on any atom is -0.325 e. The molecule has 2 N–H and O–H groups in total. The Morgan fingerprint density at radius 2 is 2.12 bits per heavy atom. The first kappa shape index (κ1) is 14.1. The third kappa shape index (κ3) is 5.24. The van der Waals surface area contributed by atoms with Crippen molar-refractivity contribution in [2.45, 2.75) is 19.1 Å². The normalized spacial score (nSPS) is 12.2. The molecule has 1 rings (SSSR count). The second-order valence-electron chi connectivity index (χ2n) is 4.04. The number of hydrogen-bond donors (Lipinski definition) is 2. The zero-order valence-corrected chi connectivity index (χ0v) is 11.4. The lowest BCUT2D eigenvalue weighted by molar-refractivity contribution is -0.115. The molecule has 3 nitrogen and oxygen atoms in total. The Kier molecular flexibility index (Phi) is 6.08. The third-order valence-electron chi connectivity index (χ3n) is 2.54. The Hall–Kier alpha value is -1.00. The number of para-hydroxylation sites is 1. The number of hydrogen-bond acceptors (Lipinski definition) is 3. The van der Waals surface area contributed by atoms with Crippen molar-refractivity contribution in [2.24, 2.45) is 0 Å². The number of aryl methyl sites for hydroxylation is 1. The number of carbonyl (C=O) groups excluding carboxylic acids is 1. The molecule has 0 heterocycles. The van der Waals surface area contributed by atoms with Gasteiger partial charge in [-0.1, -0.05) is 25.1 Å². The lowest BCUT2D eigenvalue weighted by Crippen LogP contribution is -2.32. The Balaban J connectivity index is 2.33. The largest absolute Gasteiger partial charge is 0.325 e. The van der Waals surface area contributed by atoms with Crippen LogP contribution in [0.1, 0.15) is 12.5 Å². The van der Waals surface area contributed by atoms with Crippen LogP contribution in [-0.4, -0.2) is 30.5 Å². The summed E-state index contributed by atoms with van der Waals surface area (Å²) >= 11 is 1.79. The summed E-state index contributed by atoms with van der Waals surface area (Å²) in [6, 6.07) is 7.78. The first-order valence-corrected chi connectivity index (χ1v) is 7.01. The van der Waals surface area contributed by atoms with Gasteiger partial charge in [-0.3, -0.25) is 4.79 Å². The fraction of sp³-hybridized carbons (Fsp3) is 0.462. The van der Waals surface area contributed by atoms with Crippen molar-refractivity contribution in [3.8, 4) is 0 Å². The molecule has 0 saturated carbocycles. The zero-order chi connectivity index (χ0) is 12.7. The minimum atomic E-state index is 0.00704. The van der Waals surface area contributed by atoms with E-state index in [9.17, 15) is 4.79 Å². The molecule has 1 unspecified atom stereocenters. The highest BCUT2D eigenvalue weighted by Gasteiger charge is 2.04. The van der Waals surface area contributed by atoms with E-state index in [1.54, 1.807) is 11.8 Å². The molecular weight excluding hydrogens is 232 g/mol. The smallest absolute Gasteiger partial charge is 0.238 e.